The van der Waals surface area contributed by atoms with Crippen molar-refractivity contribution in [3.05, 3.63) is 41.5 Å². The summed E-state index contributed by atoms with van der Waals surface area (Å²) in [5.74, 6) is -1.21. The molecule has 0 spiro atoms. The molecule has 0 unspecified atom stereocenters. The first kappa shape index (κ1) is 28.1. The lowest BCUT2D eigenvalue weighted by Gasteiger charge is -2.31. The van der Waals surface area contributed by atoms with Gasteiger partial charge in [-0.25, -0.2) is 4.79 Å². The second-order valence-corrected chi connectivity index (χ2v) is 10.2. The minimum absolute atomic E-state index is 0.0537. The van der Waals surface area contributed by atoms with Crippen molar-refractivity contribution >= 4 is 29.3 Å². The minimum Gasteiger partial charge on any atom is -0.467 e. The summed E-state index contributed by atoms with van der Waals surface area (Å²) in [6.45, 7) is 11.8. The molecule has 1 aromatic carbocycles. The fourth-order valence-electron chi connectivity index (χ4n) is 4.25. The van der Waals surface area contributed by atoms with Crippen LogP contribution >= 0.6 is 0 Å². The summed E-state index contributed by atoms with van der Waals surface area (Å²) in [6.07, 6.45) is 2.30. The molecule has 192 valence electrons. The third-order valence-electron chi connectivity index (χ3n) is 5.91. The van der Waals surface area contributed by atoms with Gasteiger partial charge in [0, 0.05) is 11.6 Å². The summed E-state index contributed by atoms with van der Waals surface area (Å²) in [5.41, 5.74) is 1.91. The van der Waals surface area contributed by atoms with Crippen molar-refractivity contribution in [3.8, 4) is 0 Å². The number of hydrogen-bond donors (Lipinski definition) is 3. The number of methoxy groups -OCH3 is 1. The summed E-state index contributed by atoms with van der Waals surface area (Å²) in [5, 5.41) is 8.56. The predicted octanol–water partition coefficient (Wildman–Crippen LogP) is 3.07. The van der Waals surface area contributed by atoms with Crippen molar-refractivity contribution in [2.75, 3.05) is 7.11 Å². The molecule has 1 aromatic rings. The van der Waals surface area contributed by atoms with Crippen LogP contribution in [0.3, 0.4) is 0 Å². The van der Waals surface area contributed by atoms with Gasteiger partial charge in [-0.3, -0.25) is 14.4 Å². The van der Waals surface area contributed by atoms with Crippen molar-refractivity contribution in [2.24, 2.45) is 17.8 Å². The van der Waals surface area contributed by atoms with E-state index in [2.05, 4.69) is 16.0 Å². The molecule has 0 aromatic heterocycles. The van der Waals surface area contributed by atoms with Gasteiger partial charge in [-0.2, -0.15) is 0 Å². The number of carbonyl (C=O) groups is 4. The van der Waals surface area contributed by atoms with E-state index in [0.717, 1.165) is 0 Å². The van der Waals surface area contributed by atoms with E-state index in [9.17, 15) is 19.2 Å². The van der Waals surface area contributed by atoms with Crippen LogP contribution in [-0.2, 0) is 19.1 Å². The molecule has 8 nitrogen and oxygen atoms in total. The van der Waals surface area contributed by atoms with Gasteiger partial charge >= 0.3 is 5.97 Å². The highest BCUT2D eigenvalue weighted by molar-refractivity contribution is 6.07. The number of benzene rings is 1. The Morgan fingerprint density at radius 3 is 2.06 bits per heavy atom. The van der Waals surface area contributed by atoms with Crippen LogP contribution in [0.4, 0.5) is 0 Å². The first-order valence-corrected chi connectivity index (χ1v) is 12.2. The highest BCUT2D eigenvalue weighted by atomic mass is 16.5. The molecular weight excluding hydrogens is 446 g/mol. The third-order valence-corrected chi connectivity index (χ3v) is 5.91. The molecule has 0 fully saturated rings. The van der Waals surface area contributed by atoms with Crippen molar-refractivity contribution in [3.63, 3.8) is 0 Å². The Balaban J connectivity index is 2.31. The average Bonchev–Trinajstić information content (AvgIpc) is 2.78. The van der Waals surface area contributed by atoms with Crippen LogP contribution in [0.5, 0.6) is 0 Å². The van der Waals surface area contributed by atoms with Crippen molar-refractivity contribution in [1.29, 1.82) is 0 Å². The number of amides is 3. The Labute approximate surface area is 208 Å². The molecule has 3 amide bonds. The van der Waals surface area contributed by atoms with Crippen molar-refractivity contribution in [2.45, 2.75) is 72.5 Å². The Kier molecular flexibility index (Phi) is 10.0. The molecule has 0 aliphatic carbocycles. The van der Waals surface area contributed by atoms with E-state index in [4.69, 9.17) is 4.74 Å². The fraction of sp³-hybridized carbons (Fsp3) is 0.556. The van der Waals surface area contributed by atoms with Crippen LogP contribution in [-0.4, -0.2) is 48.9 Å². The van der Waals surface area contributed by atoms with Crippen LogP contribution in [0, 0.1) is 17.8 Å². The molecule has 0 saturated heterocycles. The molecule has 35 heavy (non-hydrogen) atoms. The molecule has 0 radical (unpaired) electrons. The highest BCUT2D eigenvalue weighted by Crippen LogP contribution is 2.30. The van der Waals surface area contributed by atoms with Gasteiger partial charge in [0.25, 0.3) is 5.91 Å². The van der Waals surface area contributed by atoms with E-state index in [1.54, 1.807) is 12.1 Å². The number of hydrogen-bond acceptors (Lipinski definition) is 5. The summed E-state index contributed by atoms with van der Waals surface area (Å²) in [4.78, 5) is 51.0. The lowest BCUT2D eigenvalue weighted by Crippen LogP contribution is -2.52. The Morgan fingerprint density at radius 1 is 0.943 bits per heavy atom. The molecule has 1 aliphatic rings. The van der Waals surface area contributed by atoms with Gasteiger partial charge in [-0.15, -0.1) is 0 Å². The number of fused-ring (bicyclic) bond motifs is 1. The molecule has 8 heteroatoms. The maximum Gasteiger partial charge on any atom is 0.328 e. The fourth-order valence-corrected chi connectivity index (χ4v) is 4.25. The zero-order valence-corrected chi connectivity index (χ0v) is 21.8. The van der Waals surface area contributed by atoms with Crippen LogP contribution < -0.4 is 16.0 Å². The lowest BCUT2D eigenvalue weighted by atomic mass is 9.84. The molecule has 0 bridgehead atoms. The molecule has 0 saturated carbocycles. The molecule has 1 heterocycles. The number of ether oxygens (including phenoxy) is 1. The summed E-state index contributed by atoms with van der Waals surface area (Å²) in [7, 11) is 1.29. The van der Waals surface area contributed by atoms with Gasteiger partial charge in [-0.1, -0.05) is 59.7 Å². The van der Waals surface area contributed by atoms with E-state index in [-0.39, 0.29) is 29.7 Å². The van der Waals surface area contributed by atoms with E-state index in [0.29, 0.717) is 29.5 Å². The number of carbonyl (C=O) groups excluding carboxylic acids is 4. The average molecular weight is 486 g/mol. The zero-order chi connectivity index (χ0) is 26.3. The Bertz CT molecular complexity index is 967. The van der Waals surface area contributed by atoms with Gasteiger partial charge in [0.1, 0.15) is 12.1 Å². The first-order valence-electron chi connectivity index (χ1n) is 12.2. The van der Waals surface area contributed by atoms with E-state index >= 15 is 0 Å². The molecule has 3 atom stereocenters. The topological polar surface area (TPSA) is 114 Å². The molecule has 1 aliphatic heterocycles. The number of esters is 1. The smallest absolute Gasteiger partial charge is 0.328 e. The van der Waals surface area contributed by atoms with Crippen molar-refractivity contribution < 1.29 is 23.9 Å². The standard InChI is InChI=1S/C27H39N3O5/c1-15(2)12-21(26(33)29-22(13-16(3)4)27(34)35-7)28-23(31)14-20-18-10-8-9-11-19(18)25(32)30-24(20)17(5)6/h8-11,14-17,21-22,24H,12-13H2,1-7H3,(H,28,31)(H,29,33)(H,30,32)/b20-14-/t21-,22+,24+/m1/s1. The summed E-state index contributed by atoms with van der Waals surface area (Å²) < 4.78 is 4.85. The Morgan fingerprint density at radius 2 is 1.51 bits per heavy atom. The van der Waals surface area contributed by atoms with Crippen LogP contribution in [0.1, 0.15) is 70.3 Å². The predicted molar refractivity (Wildman–Crippen MR) is 135 cm³/mol. The summed E-state index contributed by atoms with van der Waals surface area (Å²) in [6, 6.07) is 5.21. The van der Waals surface area contributed by atoms with Gasteiger partial charge in [0.2, 0.25) is 11.8 Å². The molecule has 3 N–H and O–H groups in total. The third kappa shape index (κ3) is 7.67. The highest BCUT2D eigenvalue weighted by Gasteiger charge is 2.32. The quantitative estimate of drug-likeness (QED) is 0.348. The van der Waals surface area contributed by atoms with Crippen LogP contribution in [0.2, 0.25) is 0 Å². The zero-order valence-electron chi connectivity index (χ0n) is 21.8. The summed E-state index contributed by atoms with van der Waals surface area (Å²) >= 11 is 0. The largest absolute Gasteiger partial charge is 0.467 e. The van der Waals surface area contributed by atoms with Crippen LogP contribution in [0.25, 0.3) is 5.57 Å². The lowest BCUT2D eigenvalue weighted by molar-refractivity contribution is -0.145. The minimum atomic E-state index is -0.829. The van der Waals surface area contributed by atoms with E-state index < -0.39 is 29.9 Å². The second-order valence-electron chi connectivity index (χ2n) is 10.2. The van der Waals surface area contributed by atoms with Crippen molar-refractivity contribution in [1.82, 2.24) is 16.0 Å². The van der Waals surface area contributed by atoms with Crippen LogP contribution in [0.15, 0.2) is 30.3 Å². The SMILES string of the molecule is COC(=O)[C@H](CC(C)C)NC(=O)[C@@H](CC(C)C)NC(=O)/C=C1/c2ccccc2C(=O)N[C@H]1C(C)C. The molecule has 2 rings (SSSR count). The maximum atomic E-state index is 13.1. The maximum absolute atomic E-state index is 13.1. The van der Waals surface area contributed by atoms with E-state index in [1.165, 1.54) is 13.2 Å². The number of nitrogens with one attached hydrogen (secondary N) is 3. The van der Waals surface area contributed by atoms with E-state index in [1.807, 2.05) is 53.7 Å². The normalized spacial score (nSPS) is 18.2. The molecular formula is C27H39N3O5. The second kappa shape index (κ2) is 12.5. The Hall–Kier alpha value is -3.16. The van der Waals surface area contributed by atoms with Gasteiger partial charge in [-0.05, 0) is 47.8 Å². The first-order chi connectivity index (χ1) is 16.4. The monoisotopic (exact) mass is 485 g/mol. The van der Waals surface area contributed by atoms with Gasteiger partial charge < -0.3 is 20.7 Å². The van der Waals surface area contributed by atoms with Gasteiger partial charge in [0.15, 0.2) is 0 Å². The number of rotatable bonds is 10. The van der Waals surface area contributed by atoms with Gasteiger partial charge in [0.05, 0.1) is 13.2 Å².